The Morgan fingerprint density at radius 1 is 1.27 bits per heavy atom. The van der Waals surface area contributed by atoms with Crippen molar-refractivity contribution in [2.45, 2.75) is 30.5 Å². The van der Waals surface area contributed by atoms with E-state index in [1.54, 1.807) is 4.90 Å². The van der Waals surface area contributed by atoms with Crippen molar-refractivity contribution in [2.24, 2.45) is 5.73 Å². The second-order valence-electron chi connectivity index (χ2n) is 5.54. The number of amides is 2. The number of carbonyl (C=O) groups is 2. The van der Waals surface area contributed by atoms with Crippen molar-refractivity contribution in [2.75, 3.05) is 29.1 Å². The summed E-state index contributed by atoms with van der Waals surface area (Å²) in [5.74, 6) is -0.312. The highest BCUT2D eigenvalue weighted by molar-refractivity contribution is 8.01. The van der Waals surface area contributed by atoms with Gasteiger partial charge in [0.05, 0.1) is 5.75 Å². The van der Waals surface area contributed by atoms with E-state index in [2.05, 4.69) is 22.4 Å². The Labute approximate surface area is 161 Å². The van der Waals surface area contributed by atoms with Gasteiger partial charge in [0.15, 0.2) is 4.34 Å². The smallest absolute Gasteiger partial charge is 0.237 e. The Hall–Kier alpha value is -2.13. The molecule has 0 aliphatic heterocycles. The number of para-hydroxylation sites is 1. The van der Waals surface area contributed by atoms with Crippen LogP contribution in [0.4, 0.5) is 10.8 Å². The van der Waals surface area contributed by atoms with Crippen LogP contribution in [-0.2, 0) is 9.59 Å². The van der Waals surface area contributed by atoms with Gasteiger partial charge in [-0.15, -0.1) is 10.2 Å². The molecule has 1 heterocycles. The van der Waals surface area contributed by atoms with Gasteiger partial charge in [0.25, 0.3) is 0 Å². The molecule has 9 heteroatoms. The summed E-state index contributed by atoms with van der Waals surface area (Å²) < 4.78 is 0.736. The van der Waals surface area contributed by atoms with Gasteiger partial charge in [-0.2, -0.15) is 0 Å². The molecule has 2 aromatic rings. The predicted octanol–water partition coefficient (Wildman–Crippen LogP) is 2.75. The fraction of sp³-hybridized carbons (Fsp3) is 0.412. The molecule has 7 nitrogen and oxygen atoms in total. The van der Waals surface area contributed by atoms with Crippen LogP contribution in [0.15, 0.2) is 34.7 Å². The molecule has 0 bridgehead atoms. The number of hydrogen-bond donors (Lipinski definition) is 2. The minimum Gasteiger partial charge on any atom is -0.370 e. The van der Waals surface area contributed by atoms with E-state index in [0.29, 0.717) is 0 Å². The number of unbranched alkanes of at least 4 members (excludes halogenated alkanes) is 1. The summed E-state index contributed by atoms with van der Waals surface area (Å²) >= 11 is 2.78. The van der Waals surface area contributed by atoms with E-state index in [9.17, 15) is 9.59 Å². The van der Waals surface area contributed by atoms with Gasteiger partial charge in [-0.1, -0.05) is 54.6 Å². The van der Waals surface area contributed by atoms with Crippen LogP contribution < -0.4 is 16.0 Å². The molecule has 3 N–H and O–H groups in total. The van der Waals surface area contributed by atoms with Crippen LogP contribution in [0.1, 0.15) is 26.2 Å². The molecule has 0 radical (unpaired) electrons. The van der Waals surface area contributed by atoms with Gasteiger partial charge in [-0.05, 0) is 18.6 Å². The standard InChI is InChI=1S/C17H23N5O2S2/c1-2-3-10-19-16-20-21-17(26-16)25-12-15(24)22(11-9-14(18)23)13-7-5-4-6-8-13/h4-8H,2-3,9-12H2,1H3,(H2,18,23)(H,19,20). The lowest BCUT2D eigenvalue weighted by molar-refractivity contribution is -0.118. The SMILES string of the molecule is CCCCNc1nnc(SCC(=O)N(CCC(N)=O)c2ccccc2)s1. The van der Waals surface area contributed by atoms with E-state index in [1.165, 1.54) is 23.1 Å². The number of aromatic nitrogens is 2. The van der Waals surface area contributed by atoms with Crippen molar-refractivity contribution in [1.82, 2.24) is 10.2 Å². The summed E-state index contributed by atoms with van der Waals surface area (Å²) in [7, 11) is 0. The topological polar surface area (TPSA) is 101 Å². The summed E-state index contributed by atoms with van der Waals surface area (Å²) in [6, 6.07) is 9.26. The van der Waals surface area contributed by atoms with E-state index in [4.69, 9.17) is 5.73 Å². The first-order valence-electron chi connectivity index (χ1n) is 8.44. The Bertz CT molecular complexity index is 708. The maximum Gasteiger partial charge on any atom is 0.237 e. The minimum atomic E-state index is -0.432. The third-order valence-corrected chi connectivity index (χ3v) is 5.48. The number of benzene rings is 1. The molecule has 2 rings (SSSR count). The molecule has 0 saturated heterocycles. The van der Waals surface area contributed by atoms with E-state index < -0.39 is 5.91 Å². The van der Waals surface area contributed by atoms with Gasteiger partial charge in [0.2, 0.25) is 16.9 Å². The van der Waals surface area contributed by atoms with Crippen LogP contribution in [0.25, 0.3) is 0 Å². The summed E-state index contributed by atoms with van der Waals surface area (Å²) in [6.07, 6.45) is 2.31. The quantitative estimate of drug-likeness (QED) is 0.450. The second-order valence-corrected chi connectivity index (χ2v) is 7.74. The lowest BCUT2D eigenvalue weighted by Crippen LogP contribution is -2.35. The van der Waals surface area contributed by atoms with Gasteiger partial charge in [-0.3, -0.25) is 9.59 Å². The average Bonchev–Trinajstić information content (AvgIpc) is 3.09. The van der Waals surface area contributed by atoms with Gasteiger partial charge in [0, 0.05) is 25.2 Å². The number of anilines is 2. The fourth-order valence-electron chi connectivity index (χ4n) is 2.14. The molecule has 2 amide bonds. The molecule has 1 aromatic heterocycles. The van der Waals surface area contributed by atoms with Crippen molar-refractivity contribution in [3.8, 4) is 0 Å². The number of rotatable bonds is 11. The number of hydrogen-bond acceptors (Lipinski definition) is 7. The summed E-state index contributed by atoms with van der Waals surface area (Å²) in [5, 5.41) is 12.2. The zero-order valence-corrected chi connectivity index (χ0v) is 16.3. The van der Waals surface area contributed by atoms with Crippen LogP contribution in [0.2, 0.25) is 0 Å². The van der Waals surface area contributed by atoms with Gasteiger partial charge in [-0.25, -0.2) is 0 Å². The lowest BCUT2D eigenvalue weighted by atomic mass is 10.2. The summed E-state index contributed by atoms with van der Waals surface area (Å²) in [5.41, 5.74) is 5.98. The second kappa shape index (κ2) is 10.8. The maximum absolute atomic E-state index is 12.6. The lowest BCUT2D eigenvalue weighted by Gasteiger charge is -2.22. The first-order chi connectivity index (χ1) is 12.6. The highest BCUT2D eigenvalue weighted by Crippen LogP contribution is 2.26. The molecule has 0 unspecified atom stereocenters. The van der Waals surface area contributed by atoms with Crippen LogP contribution in [-0.4, -0.2) is 40.9 Å². The maximum atomic E-state index is 12.6. The zero-order chi connectivity index (χ0) is 18.8. The highest BCUT2D eigenvalue weighted by Gasteiger charge is 2.17. The van der Waals surface area contributed by atoms with Crippen molar-refractivity contribution < 1.29 is 9.59 Å². The van der Waals surface area contributed by atoms with Crippen molar-refractivity contribution in [1.29, 1.82) is 0 Å². The van der Waals surface area contributed by atoms with Crippen LogP contribution in [0.3, 0.4) is 0 Å². The molecule has 26 heavy (non-hydrogen) atoms. The Morgan fingerprint density at radius 2 is 2.04 bits per heavy atom. The number of carbonyl (C=O) groups excluding carboxylic acids is 2. The Kier molecular flexibility index (Phi) is 8.36. The molecule has 0 aliphatic rings. The van der Waals surface area contributed by atoms with Crippen LogP contribution in [0.5, 0.6) is 0 Å². The first kappa shape index (κ1) is 20.2. The minimum absolute atomic E-state index is 0.0989. The monoisotopic (exact) mass is 393 g/mol. The molecular formula is C17H23N5O2S2. The van der Waals surface area contributed by atoms with Crippen molar-refractivity contribution in [3.05, 3.63) is 30.3 Å². The van der Waals surface area contributed by atoms with Gasteiger partial charge in [0.1, 0.15) is 0 Å². The molecule has 140 valence electrons. The third kappa shape index (κ3) is 6.64. The van der Waals surface area contributed by atoms with Crippen molar-refractivity contribution >= 4 is 45.7 Å². The largest absolute Gasteiger partial charge is 0.370 e. The van der Waals surface area contributed by atoms with Gasteiger partial charge >= 0.3 is 0 Å². The fourth-order valence-corrected chi connectivity index (χ4v) is 3.79. The molecule has 0 atom stereocenters. The van der Waals surface area contributed by atoms with E-state index in [0.717, 1.165) is 34.5 Å². The molecule has 0 saturated carbocycles. The summed E-state index contributed by atoms with van der Waals surface area (Å²) in [4.78, 5) is 25.3. The number of thioether (sulfide) groups is 1. The van der Waals surface area contributed by atoms with Gasteiger partial charge < -0.3 is 16.0 Å². The van der Waals surface area contributed by atoms with Crippen molar-refractivity contribution in [3.63, 3.8) is 0 Å². The molecular weight excluding hydrogens is 370 g/mol. The first-order valence-corrected chi connectivity index (χ1v) is 10.2. The molecule has 0 fully saturated rings. The zero-order valence-electron chi connectivity index (χ0n) is 14.7. The molecule has 0 spiro atoms. The molecule has 1 aromatic carbocycles. The highest BCUT2D eigenvalue weighted by atomic mass is 32.2. The normalized spacial score (nSPS) is 10.5. The Morgan fingerprint density at radius 3 is 2.73 bits per heavy atom. The van der Waals surface area contributed by atoms with E-state index in [1.807, 2.05) is 30.3 Å². The average molecular weight is 394 g/mol. The van der Waals surface area contributed by atoms with Crippen LogP contribution in [0, 0.1) is 0 Å². The van der Waals surface area contributed by atoms with E-state index in [-0.39, 0.29) is 24.6 Å². The van der Waals surface area contributed by atoms with Crippen LogP contribution >= 0.6 is 23.1 Å². The predicted molar refractivity (Wildman–Crippen MR) is 107 cm³/mol. The summed E-state index contributed by atoms with van der Waals surface area (Å²) in [6.45, 7) is 3.26. The number of nitrogens with two attached hydrogens (primary N) is 1. The van der Waals surface area contributed by atoms with E-state index >= 15 is 0 Å². The Balaban J connectivity index is 1.93. The molecule has 0 aliphatic carbocycles. The number of nitrogens with zero attached hydrogens (tertiary/aromatic N) is 3. The number of nitrogens with one attached hydrogen (secondary N) is 1. The third-order valence-electron chi connectivity index (χ3n) is 3.48. The number of primary amides is 1.